The highest BCUT2D eigenvalue weighted by Crippen LogP contribution is 2.32. The molecular weight excluding hydrogens is 346 g/mol. The van der Waals surface area contributed by atoms with Gasteiger partial charge in [0.05, 0.1) is 12.5 Å². The zero-order valence-electron chi connectivity index (χ0n) is 15.1. The second-order valence-corrected chi connectivity index (χ2v) is 7.28. The number of hydrogen-bond donors (Lipinski definition) is 1. The molecule has 27 heavy (non-hydrogen) atoms. The van der Waals surface area contributed by atoms with Crippen LogP contribution in [0.3, 0.4) is 0 Å². The third kappa shape index (κ3) is 4.15. The van der Waals surface area contributed by atoms with Gasteiger partial charge in [-0.05, 0) is 24.5 Å². The normalized spacial score (nSPS) is 20.4. The van der Waals surface area contributed by atoms with E-state index >= 15 is 0 Å². The Labute approximate surface area is 157 Å². The molecule has 142 valence electrons. The van der Waals surface area contributed by atoms with Crippen molar-refractivity contribution in [2.45, 2.75) is 51.1 Å². The van der Waals surface area contributed by atoms with Crippen LogP contribution >= 0.6 is 0 Å². The summed E-state index contributed by atoms with van der Waals surface area (Å²) in [6, 6.07) is 3.76. The van der Waals surface area contributed by atoms with Crippen LogP contribution in [0.1, 0.15) is 55.3 Å². The van der Waals surface area contributed by atoms with E-state index in [-0.39, 0.29) is 30.7 Å². The molecule has 2 amide bonds. The van der Waals surface area contributed by atoms with Crippen molar-refractivity contribution in [2.75, 3.05) is 6.54 Å². The number of carbonyl (C=O) groups is 2. The maximum atomic E-state index is 12.4. The summed E-state index contributed by atoms with van der Waals surface area (Å²) in [4.78, 5) is 34.8. The summed E-state index contributed by atoms with van der Waals surface area (Å²) in [5, 5.41) is 6.79. The molecule has 1 aliphatic carbocycles. The number of pyridine rings is 1. The summed E-state index contributed by atoms with van der Waals surface area (Å²) >= 11 is 0. The first-order chi connectivity index (χ1) is 13.2. The van der Waals surface area contributed by atoms with Crippen LogP contribution in [0.4, 0.5) is 0 Å². The van der Waals surface area contributed by atoms with Crippen LogP contribution in [0.25, 0.3) is 0 Å². The van der Waals surface area contributed by atoms with Crippen LogP contribution in [-0.4, -0.2) is 38.4 Å². The van der Waals surface area contributed by atoms with Crippen molar-refractivity contribution in [3.63, 3.8) is 0 Å². The highest BCUT2D eigenvalue weighted by Gasteiger charge is 2.34. The van der Waals surface area contributed by atoms with Gasteiger partial charge in [-0.25, -0.2) is 0 Å². The van der Waals surface area contributed by atoms with E-state index < -0.39 is 0 Å². The highest BCUT2D eigenvalue weighted by molar-refractivity contribution is 5.89. The fraction of sp³-hybridized carbons (Fsp3) is 0.526. The van der Waals surface area contributed by atoms with Gasteiger partial charge in [-0.2, -0.15) is 4.98 Å². The maximum absolute atomic E-state index is 12.4. The average molecular weight is 369 g/mol. The van der Waals surface area contributed by atoms with Crippen LogP contribution in [0.5, 0.6) is 0 Å². The lowest BCUT2D eigenvalue weighted by atomic mass is 10.1. The van der Waals surface area contributed by atoms with Gasteiger partial charge in [0.15, 0.2) is 5.82 Å². The molecular formula is C19H23N5O3. The number of aromatic nitrogens is 3. The molecule has 2 aromatic rings. The molecule has 8 heteroatoms. The first kappa shape index (κ1) is 17.6. The van der Waals surface area contributed by atoms with Gasteiger partial charge in [0.1, 0.15) is 0 Å². The maximum Gasteiger partial charge on any atom is 0.229 e. The van der Waals surface area contributed by atoms with E-state index in [1.807, 2.05) is 12.1 Å². The van der Waals surface area contributed by atoms with Crippen molar-refractivity contribution >= 4 is 11.8 Å². The third-order valence-corrected chi connectivity index (χ3v) is 5.29. The van der Waals surface area contributed by atoms with Gasteiger partial charge < -0.3 is 14.7 Å². The van der Waals surface area contributed by atoms with Gasteiger partial charge in [0, 0.05) is 37.8 Å². The van der Waals surface area contributed by atoms with Crippen LogP contribution in [0, 0.1) is 5.92 Å². The summed E-state index contributed by atoms with van der Waals surface area (Å²) in [7, 11) is 0. The zero-order chi connectivity index (χ0) is 18.6. The molecule has 1 aliphatic heterocycles. The number of carbonyl (C=O) groups excluding carboxylic acids is 2. The summed E-state index contributed by atoms with van der Waals surface area (Å²) in [6.45, 7) is 1.12. The molecule has 1 N–H and O–H groups in total. The van der Waals surface area contributed by atoms with Gasteiger partial charge in [0.25, 0.3) is 0 Å². The molecule has 8 nitrogen and oxygen atoms in total. The summed E-state index contributed by atoms with van der Waals surface area (Å²) < 4.78 is 5.33. The third-order valence-electron chi connectivity index (χ3n) is 5.29. The minimum Gasteiger partial charge on any atom is -0.348 e. The standard InChI is InChI=1S/C19H23N5O3/c25-17-8-15(12-24(17)11-13-4-3-7-20-9-13)18(26)21-10-16-22-19(27-23-16)14-5-1-2-6-14/h3-4,7,9,14-15H,1-2,5-6,8,10-12H2,(H,21,26). The largest absolute Gasteiger partial charge is 0.348 e. The van der Waals surface area contributed by atoms with E-state index in [9.17, 15) is 9.59 Å². The van der Waals surface area contributed by atoms with Gasteiger partial charge >= 0.3 is 0 Å². The number of amides is 2. The van der Waals surface area contributed by atoms with E-state index in [4.69, 9.17) is 4.52 Å². The van der Waals surface area contributed by atoms with E-state index in [1.54, 1.807) is 17.3 Å². The van der Waals surface area contributed by atoms with Gasteiger partial charge in [-0.3, -0.25) is 14.6 Å². The van der Waals surface area contributed by atoms with Crippen LogP contribution in [0.2, 0.25) is 0 Å². The van der Waals surface area contributed by atoms with E-state index in [0.717, 1.165) is 18.4 Å². The van der Waals surface area contributed by atoms with Crippen molar-refractivity contribution in [3.05, 3.63) is 41.8 Å². The average Bonchev–Trinajstić information content (AvgIpc) is 3.42. The molecule has 0 bridgehead atoms. The fourth-order valence-corrected chi connectivity index (χ4v) is 3.80. The Morgan fingerprint density at radius 2 is 2.19 bits per heavy atom. The molecule has 1 unspecified atom stereocenters. The molecule has 1 saturated heterocycles. The molecule has 0 spiro atoms. The minimum atomic E-state index is -0.352. The predicted octanol–water partition coefficient (Wildman–Crippen LogP) is 1.79. The molecule has 4 rings (SSSR count). The van der Waals surface area contributed by atoms with Crippen LogP contribution in [0.15, 0.2) is 29.0 Å². The molecule has 2 aliphatic rings. The molecule has 1 atom stereocenters. The lowest BCUT2D eigenvalue weighted by molar-refractivity contribution is -0.129. The van der Waals surface area contributed by atoms with Crippen molar-refractivity contribution in [2.24, 2.45) is 5.92 Å². The van der Waals surface area contributed by atoms with E-state index in [2.05, 4.69) is 20.4 Å². The number of rotatable bonds is 6. The highest BCUT2D eigenvalue weighted by atomic mass is 16.5. The Morgan fingerprint density at radius 1 is 1.33 bits per heavy atom. The zero-order valence-corrected chi connectivity index (χ0v) is 15.1. The summed E-state index contributed by atoms with van der Waals surface area (Å²) in [6.07, 6.45) is 8.23. The Morgan fingerprint density at radius 3 is 2.96 bits per heavy atom. The predicted molar refractivity (Wildman–Crippen MR) is 95.1 cm³/mol. The Balaban J connectivity index is 1.28. The van der Waals surface area contributed by atoms with E-state index in [1.165, 1.54) is 12.8 Å². The summed E-state index contributed by atoms with van der Waals surface area (Å²) in [5.41, 5.74) is 0.957. The number of nitrogens with one attached hydrogen (secondary N) is 1. The van der Waals surface area contributed by atoms with Crippen LogP contribution < -0.4 is 5.32 Å². The topological polar surface area (TPSA) is 101 Å². The second kappa shape index (κ2) is 7.85. The van der Waals surface area contributed by atoms with Gasteiger partial charge in [-0.1, -0.05) is 24.1 Å². The smallest absolute Gasteiger partial charge is 0.229 e. The Bertz CT molecular complexity index is 801. The van der Waals surface area contributed by atoms with Crippen LogP contribution in [-0.2, 0) is 22.7 Å². The minimum absolute atomic E-state index is 0.0120. The number of nitrogens with zero attached hydrogens (tertiary/aromatic N) is 4. The Hall–Kier alpha value is -2.77. The molecule has 0 aromatic carbocycles. The SMILES string of the molecule is O=C(NCc1noc(C2CCCC2)n1)C1CC(=O)N(Cc2cccnc2)C1. The second-order valence-electron chi connectivity index (χ2n) is 7.28. The molecule has 2 aromatic heterocycles. The lowest BCUT2D eigenvalue weighted by Crippen LogP contribution is -2.32. The van der Waals surface area contributed by atoms with Crippen molar-refractivity contribution in [3.8, 4) is 0 Å². The quantitative estimate of drug-likeness (QED) is 0.833. The first-order valence-corrected chi connectivity index (χ1v) is 9.46. The van der Waals surface area contributed by atoms with Gasteiger partial charge in [0.2, 0.25) is 17.7 Å². The van der Waals surface area contributed by atoms with Crippen molar-refractivity contribution in [1.82, 2.24) is 25.3 Å². The Kier molecular flexibility index (Phi) is 5.13. The summed E-state index contributed by atoms with van der Waals surface area (Å²) in [5.74, 6) is 1.01. The molecule has 3 heterocycles. The van der Waals surface area contributed by atoms with Crippen molar-refractivity contribution < 1.29 is 14.1 Å². The molecule has 1 saturated carbocycles. The van der Waals surface area contributed by atoms with Gasteiger partial charge in [-0.15, -0.1) is 0 Å². The first-order valence-electron chi connectivity index (χ1n) is 9.46. The fourth-order valence-electron chi connectivity index (χ4n) is 3.80. The number of hydrogen-bond acceptors (Lipinski definition) is 6. The number of likely N-dealkylation sites (tertiary alicyclic amines) is 1. The van der Waals surface area contributed by atoms with E-state index in [0.29, 0.717) is 30.7 Å². The molecule has 0 radical (unpaired) electrons. The monoisotopic (exact) mass is 369 g/mol. The van der Waals surface area contributed by atoms with Crippen molar-refractivity contribution in [1.29, 1.82) is 0 Å². The molecule has 2 fully saturated rings. The lowest BCUT2D eigenvalue weighted by Gasteiger charge is -2.16.